The molecule has 4 aromatic rings. The Bertz CT molecular complexity index is 1980. The monoisotopic (exact) mass is 830 g/mol. The van der Waals surface area contributed by atoms with Crippen LogP contribution in [0.15, 0.2) is 12.7 Å². The minimum absolute atomic E-state index is 0.0131. The number of carboxylic acid groups (broad SMARTS) is 1. The van der Waals surface area contributed by atoms with Crippen LogP contribution >= 0.6 is 22.7 Å². The molecule has 0 atom stereocenters. The summed E-state index contributed by atoms with van der Waals surface area (Å²) < 4.78 is 47.3. The average Bonchev–Trinajstić information content (AvgIpc) is 3.74. The van der Waals surface area contributed by atoms with Crippen LogP contribution in [-0.2, 0) is 9.53 Å². The predicted molar refractivity (Wildman–Crippen MR) is 198 cm³/mol. The minimum atomic E-state index is -5.08. The van der Waals surface area contributed by atoms with Gasteiger partial charge in [0.1, 0.15) is 18.3 Å². The zero-order chi connectivity index (χ0) is 41.2. The number of aliphatic carboxylic acids is 1. The molecule has 2 aliphatic heterocycles. The van der Waals surface area contributed by atoms with Crippen LogP contribution in [0.4, 0.5) is 37.8 Å². The zero-order valence-electron chi connectivity index (χ0n) is 30.9. The van der Waals surface area contributed by atoms with Crippen molar-refractivity contribution < 1.29 is 51.7 Å². The van der Waals surface area contributed by atoms with Crippen LogP contribution in [0.2, 0.25) is 0 Å². The summed E-state index contributed by atoms with van der Waals surface area (Å²) >= 11 is 2.55. The number of amides is 5. The number of likely N-dealkylation sites (tertiary alicyclic amines) is 2. The highest BCUT2D eigenvalue weighted by atomic mass is 32.1. The van der Waals surface area contributed by atoms with Crippen LogP contribution in [0, 0.1) is 0 Å². The Morgan fingerprint density at radius 1 is 0.786 bits per heavy atom. The predicted octanol–water partition coefficient (Wildman–Crippen LogP) is 4.30. The molecular formula is C31H41F3N12O8S2. The van der Waals surface area contributed by atoms with Gasteiger partial charge in [0, 0.05) is 38.3 Å². The van der Waals surface area contributed by atoms with Crippen molar-refractivity contribution >= 4 is 77.8 Å². The number of alkyl carbamates (subject to hydrolysis) is 1. The van der Waals surface area contributed by atoms with Gasteiger partial charge in [-0.05, 0) is 46.5 Å². The molecular weight excluding hydrogens is 790 g/mol. The number of hydrogen-bond donors (Lipinski definition) is 5. The number of fused-ring (bicyclic) bond motifs is 2. The van der Waals surface area contributed by atoms with E-state index in [0.29, 0.717) is 81.7 Å². The summed E-state index contributed by atoms with van der Waals surface area (Å²) in [6.45, 7) is 7.86. The van der Waals surface area contributed by atoms with Gasteiger partial charge in [-0.15, -0.1) is 0 Å². The van der Waals surface area contributed by atoms with Gasteiger partial charge in [0.2, 0.25) is 11.8 Å². The maximum atomic E-state index is 12.5. The van der Waals surface area contributed by atoms with Gasteiger partial charge < -0.3 is 40.2 Å². The number of carbonyl (C=O) groups excluding carboxylic acids is 3. The van der Waals surface area contributed by atoms with E-state index in [1.165, 1.54) is 49.5 Å². The van der Waals surface area contributed by atoms with E-state index in [4.69, 9.17) is 29.8 Å². The quantitative estimate of drug-likeness (QED) is 0.188. The molecule has 2 aliphatic rings. The van der Waals surface area contributed by atoms with E-state index in [0.717, 1.165) is 12.8 Å². The highest BCUT2D eigenvalue weighted by Gasteiger charge is 2.38. The summed E-state index contributed by atoms with van der Waals surface area (Å²) in [6, 6.07) is -0.216. The van der Waals surface area contributed by atoms with E-state index in [9.17, 15) is 27.6 Å². The third-order valence-corrected chi connectivity index (χ3v) is 9.47. The maximum Gasteiger partial charge on any atom is 0.490 e. The third-order valence-electron chi connectivity index (χ3n) is 7.71. The molecule has 0 bridgehead atoms. The molecule has 56 heavy (non-hydrogen) atoms. The number of nitrogens with two attached hydrogens (primary N) is 1. The van der Waals surface area contributed by atoms with Gasteiger partial charge in [0.25, 0.3) is 0 Å². The molecule has 5 amide bonds. The van der Waals surface area contributed by atoms with Crippen LogP contribution in [0.25, 0.3) is 20.7 Å². The molecule has 0 spiro atoms. The maximum absolute atomic E-state index is 12.5. The first kappa shape index (κ1) is 43.3. The number of anilines is 2. The van der Waals surface area contributed by atoms with Crippen molar-refractivity contribution in [3.8, 4) is 11.8 Å². The minimum Gasteiger partial charge on any atom is -0.479 e. The number of hydrogen-bond acceptors (Lipinski definition) is 16. The Kier molecular flexibility index (Phi) is 14.6. The van der Waals surface area contributed by atoms with E-state index >= 15 is 0 Å². The second-order valence-electron chi connectivity index (χ2n) is 13.0. The molecule has 0 unspecified atom stereocenters. The van der Waals surface area contributed by atoms with Crippen molar-refractivity contribution in [2.75, 3.05) is 51.0 Å². The summed E-state index contributed by atoms with van der Waals surface area (Å²) in [4.78, 5) is 75.1. The van der Waals surface area contributed by atoms with Crippen LogP contribution in [-0.4, -0.2) is 133 Å². The number of thiazole rings is 2. The first-order valence-electron chi connectivity index (χ1n) is 16.8. The SMILES string of the molecule is COc1ncnc2sc(NC(=O)N3CCC(N)CC3)nc12.COc1ncnc2sc(NC(=O)N3CCC(NC(=O)OC(C)(C)C)CC3)nc12.O=C(O)C(F)(F)F. The summed E-state index contributed by atoms with van der Waals surface area (Å²) in [5, 5.41) is 16.5. The van der Waals surface area contributed by atoms with Crippen molar-refractivity contribution in [1.82, 2.24) is 45.0 Å². The van der Waals surface area contributed by atoms with Gasteiger partial charge in [-0.1, -0.05) is 22.7 Å². The Hall–Kier alpha value is -5.43. The number of carbonyl (C=O) groups is 4. The Labute approximate surface area is 325 Å². The number of alkyl halides is 3. The third kappa shape index (κ3) is 12.6. The molecule has 25 heteroatoms. The lowest BCUT2D eigenvalue weighted by Gasteiger charge is -2.32. The topological polar surface area (TPSA) is 262 Å². The number of rotatable bonds is 5. The molecule has 6 N–H and O–H groups in total. The molecule has 0 saturated carbocycles. The van der Waals surface area contributed by atoms with E-state index in [1.54, 1.807) is 9.80 Å². The zero-order valence-corrected chi connectivity index (χ0v) is 32.5. The molecule has 0 radical (unpaired) electrons. The summed E-state index contributed by atoms with van der Waals surface area (Å²) in [7, 11) is 3.03. The van der Waals surface area contributed by atoms with E-state index < -0.39 is 23.8 Å². The van der Waals surface area contributed by atoms with E-state index in [-0.39, 0.29) is 24.1 Å². The van der Waals surface area contributed by atoms with E-state index in [2.05, 4.69) is 45.9 Å². The van der Waals surface area contributed by atoms with Crippen LogP contribution in [0.3, 0.4) is 0 Å². The van der Waals surface area contributed by atoms with Crippen molar-refractivity contribution in [1.29, 1.82) is 0 Å². The largest absolute Gasteiger partial charge is 0.490 e. The molecule has 306 valence electrons. The van der Waals surface area contributed by atoms with Crippen molar-refractivity contribution in [3.63, 3.8) is 0 Å². The Morgan fingerprint density at radius 2 is 1.20 bits per heavy atom. The second-order valence-corrected chi connectivity index (χ2v) is 15.0. The Balaban J connectivity index is 0.000000218. The lowest BCUT2D eigenvalue weighted by molar-refractivity contribution is -0.192. The number of nitrogens with one attached hydrogen (secondary N) is 3. The number of piperidine rings is 2. The Morgan fingerprint density at radius 3 is 1.57 bits per heavy atom. The van der Waals surface area contributed by atoms with E-state index in [1.807, 2.05) is 20.8 Å². The fourth-order valence-corrected chi connectivity index (χ4v) is 6.59. The highest BCUT2D eigenvalue weighted by Crippen LogP contribution is 2.30. The smallest absolute Gasteiger partial charge is 0.479 e. The fraction of sp³-hybridized carbons (Fsp3) is 0.548. The highest BCUT2D eigenvalue weighted by molar-refractivity contribution is 7.22. The van der Waals surface area contributed by atoms with Crippen molar-refractivity contribution in [3.05, 3.63) is 12.7 Å². The number of carboxylic acids is 1. The lowest BCUT2D eigenvalue weighted by Crippen LogP contribution is -2.48. The van der Waals surface area contributed by atoms with Crippen LogP contribution < -0.4 is 31.2 Å². The first-order chi connectivity index (χ1) is 26.4. The van der Waals surface area contributed by atoms with Crippen molar-refractivity contribution in [2.24, 2.45) is 5.73 Å². The number of aromatic nitrogens is 6. The molecule has 6 heterocycles. The number of urea groups is 2. The molecule has 2 saturated heterocycles. The lowest BCUT2D eigenvalue weighted by atomic mass is 10.1. The number of ether oxygens (including phenoxy) is 3. The second kappa shape index (κ2) is 18.9. The number of methoxy groups -OCH3 is 2. The summed E-state index contributed by atoms with van der Waals surface area (Å²) in [5.41, 5.74) is 6.38. The van der Waals surface area contributed by atoms with Gasteiger partial charge in [0.15, 0.2) is 31.0 Å². The molecule has 6 rings (SSSR count). The molecule has 0 aliphatic carbocycles. The standard InChI is InChI=1S/C17H24N6O4S.C12H16N6O2S.C2HF3O2/c1-17(2,3)27-16(25)20-10-5-7-23(8-6-10)15(24)22-14-21-11-12(26-4)18-9-19-13(11)28-14;1-20-9-8-10(15-6-14-9)21-11(16-8)17-12(19)18-4-2-7(13)3-5-18;3-2(4,5)1(6)7/h9-10H,5-8H2,1-4H3,(H,20,25)(H,21,22,24);6-7H,2-5,13H2,1H3,(H,16,17,19);(H,6,7). The average molecular weight is 831 g/mol. The van der Waals surface area contributed by atoms with Crippen LogP contribution in [0.5, 0.6) is 11.8 Å². The molecule has 20 nitrogen and oxygen atoms in total. The van der Waals surface area contributed by atoms with Gasteiger partial charge in [-0.25, -0.2) is 39.1 Å². The van der Waals surface area contributed by atoms with Gasteiger partial charge in [-0.3, -0.25) is 10.6 Å². The molecule has 4 aromatic heterocycles. The first-order valence-corrected chi connectivity index (χ1v) is 18.5. The van der Waals surface area contributed by atoms with Crippen LogP contribution in [0.1, 0.15) is 46.5 Å². The number of nitrogens with zero attached hydrogens (tertiary/aromatic N) is 8. The normalized spacial score (nSPS) is 15.2. The fourth-order valence-electron chi connectivity index (χ4n) is 5.02. The van der Waals surface area contributed by atoms with Gasteiger partial charge in [0.05, 0.1) is 14.2 Å². The van der Waals surface area contributed by atoms with Gasteiger partial charge >= 0.3 is 30.3 Å². The molecule has 0 aromatic carbocycles. The molecule has 2 fully saturated rings. The summed E-state index contributed by atoms with van der Waals surface area (Å²) in [5.74, 6) is -1.98. The number of halogens is 3. The summed E-state index contributed by atoms with van der Waals surface area (Å²) in [6.07, 6.45) is 0.265. The van der Waals surface area contributed by atoms with Crippen molar-refractivity contribution in [2.45, 2.75) is 70.3 Å². The van der Waals surface area contributed by atoms with Gasteiger partial charge in [-0.2, -0.15) is 23.1 Å².